The molecule has 20 heavy (non-hydrogen) atoms. The molecule has 0 radical (unpaired) electrons. The second kappa shape index (κ2) is 10.4. The molecule has 1 atom stereocenters. The number of likely N-dealkylation sites (N-methyl/N-ethyl adjacent to an activating group) is 1. The highest BCUT2D eigenvalue weighted by molar-refractivity contribution is 7.45. The zero-order chi connectivity index (χ0) is 15.5. The Morgan fingerprint density at radius 1 is 1.15 bits per heavy atom. The SMILES string of the molecule is CCCCCCCC=COP(=O)([O-])OCC[N+](C)(C)C. The van der Waals surface area contributed by atoms with E-state index < -0.39 is 7.82 Å². The minimum absolute atomic E-state index is 0.134. The number of quaternary nitrogens is 1. The Bertz CT molecular complexity index is 313. The number of allylic oxidation sites excluding steroid dienone is 1. The topological polar surface area (TPSA) is 58.6 Å². The van der Waals surface area contributed by atoms with Crippen molar-refractivity contribution in [2.75, 3.05) is 34.3 Å². The first-order chi connectivity index (χ1) is 9.27. The van der Waals surface area contributed by atoms with Crippen molar-refractivity contribution in [1.29, 1.82) is 0 Å². The zero-order valence-corrected chi connectivity index (χ0v) is 14.2. The third kappa shape index (κ3) is 14.1. The number of phosphoric ester groups is 1. The summed E-state index contributed by atoms with van der Waals surface area (Å²) in [6.07, 6.45) is 9.75. The molecule has 1 unspecified atom stereocenters. The fourth-order valence-corrected chi connectivity index (χ4v) is 2.11. The monoisotopic (exact) mass is 307 g/mol. The van der Waals surface area contributed by atoms with Crippen LogP contribution in [0.3, 0.4) is 0 Å². The minimum Gasteiger partial charge on any atom is -0.746 e. The third-order valence-electron chi connectivity index (χ3n) is 2.77. The molecular weight excluding hydrogens is 277 g/mol. The second-order valence-corrected chi connectivity index (χ2v) is 7.34. The van der Waals surface area contributed by atoms with E-state index in [1.54, 1.807) is 6.08 Å². The van der Waals surface area contributed by atoms with Crippen LogP contribution in [0.1, 0.15) is 45.4 Å². The van der Waals surface area contributed by atoms with Gasteiger partial charge in [0.1, 0.15) is 13.2 Å². The molecule has 0 aliphatic rings. The lowest BCUT2D eigenvalue weighted by Crippen LogP contribution is -2.37. The molecule has 120 valence electrons. The van der Waals surface area contributed by atoms with Crippen molar-refractivity contribution >= 4 is 7.82 Å². The molecular formula is C14H30NO4P. The van der Waals surface area contributed by atoms with Crippen LogP contribution in [-0.4, -0.2) is 38.8 Å². The predicted molar refractivity (Wildman–Crippen MR) is 80.1 cm³/mol. The van der Waals surface area contributed by atoms with Crippen molar-refractivity contribution < 1.29 is 23.0 Å². The first-order valence-corrected chi connectivity index (χ1v) is 8.82. The summed E-state index contributed by atoms with van der Waals surface area (Å²) in [4.78, 5) is 11.4. The fourth-order valence-electron chi connectivity index (χ4n) is 1.51. The molecule has 0 saturated heterocycles. The molecule has 0 aromatic rings. The molecule has 0 aliphatic heterocycles. The molecule has 0 fully saturated rings. The summed E-state index contributed by atoms with van der Waals surface area (Å²) in [5, 5.41) is 0. The van der Waals surface area contributed by atoms with E-state index in [4.69, 9.17) is 4.52 Å². The van der Waals surface area contributed by atoms with Gasteiger partial charge in [0, 0.05) is 0 Å². The van der Waals surface area contributed by atoms with Crippen LogP contribution in [-0.2, 0) is 13.6 Å². The van der Waals surface area contributed by atoms with Crippen molar-refractivity contribution in [1.82, 2.24) is 0 Å². The first kappa shape index (κ1) is 19.7. The normalized spacial score (nSPS) is 15.4. The highest BCUT2D eigenvalue weighted by Gasteiger charge is 2.12. The van der Waals surface area contributed by atoms with Crippen molar-refractivity contribution in [3.8, 4) is 0 Å². The molecule has 6 heteroatoms. The number of nitrogens with zero attached hydrogens (tertiary/aromatic N) is 1. The van der Waals surface area contributed by atoms with E-state index >= 15 is 0 Å². The molecule has 0 rings (SSSR count). The van der Waals surface area contributed by atoms with E-state index in [0.717, 1.165) is 12.8 Å². The molecule has 0 aliphatic carbocycles. The Hall–Kier alpha value is -0.350. The van der Waals surface area contributed by atoms with Gasteiger partial charge in [-0.1, -0.05) is 32.6 Å². The predicted octanol–water partition coefficient (Wildman–Crippen LogP) is 3.07. The molecule has 0 saturated carbocycles. The lowest BCUT2D eigenvalue weighted by molar-refractivity contribution is -0.870. The summed E-state index contributed by atoms with van der Waals surface area (Å²) in [7, 11) is 1.72. The van der Waals surface area contributed by atoms with Crippen LogP contribution in [0.2, 0.25) is 0 Å². The summed E-state index contributed by atoms with van der Waals surface area (Å²) >= 11 is 0. The van der Waals surface area contributed by atoms with E-state index in [1.165, 1.54) is 31.9 Å². The van der Waals surface area contributed by atoms with Crippen LogP contribution in [0, 0.1) is 0 Å². The summed E-state index contributed by atoms with van der Waals surface area (Å²) in [6, 6.07) is 0. The number of phosphoric acid groups is 1. The fraction of sp³-hybridized carbons (Fsp3) is 0.857. The highest BCUT2D eigenvalue weighted by atomic mass is 31.2. The summed E-state index contributed by atoms with van der Waals surface area (Å²) in [6.45, 7) is 2.92. The van der Waals surface area contributed by atoms with E-state index in [0.29, 0.717) is 11.0 Å². The lowest BCUT2D eigenvalue weighted by Gasteiger charge is -2.26. The van der Waals surface area contributed by atoms with E-state index in [1.807, 2.05) is 21.1 Å². The van der Waals surface area contributed by atoms with Gasteiger partial charge in [-0.05, 0) is 18.9 Å². The zero-order valence-electron chi connectivity index (χ0n) is 13.3. The van der Waals surface area contributed by atoms with Gasteiger partial charge in [0.05, 0.1) is 27.4 Å². The third-order valence-corrected chi connectivity index (χ3v) is 3.65. The maximum absolute atomic E-state index is 11.4. The van der Waals surface area contributed by atoms with Gasteiger partial charge in [0.2, 0.25) is 0 Å². The van der Waals surface area contributed by atoms with Crippen LogP contribution >= 0.6 is 7.82 Å². The largest absolute Gasteiger partial charge is 0.746 e. The Labute approximate surface area is 123 Å². The van der Waals surface area contributed by atoms with Crippen LogP contribution < -0.4 is 4.89 Å². The van der Waals surface area contributed by atoms with Gasteiger partial charge in [-0.2, -0.15) is 0 Å². The van der Waals surface area contributed by atoms with Crippen LogP contribution in [0.4, 0.5) is 0 Å². The quantitative estimate of drug-likeness (QED) is 0.241. The molecule has 0 amide bonds. The summed E-state index contributed by atoms with van der Waals surface area (Å²) < 4.78 is 21.5. The average Bonchev–Trinajstić information content (AvgIpc) is 2.30. The Morgan fingerprint density at radius 3 is 2.40 bits per heavy atom. The first-order valence-electron chi connectivity index (χ1n) is 7.36. The van der Waals surface area contributed by atoms with E-state index in [-0.39, 0.29) is 6.61 Å². The molecule has 0 bridgehead atoms. The van der Waals surface area contributed by atoms with Gasteiger partial charge in [-0.3, -0.25) is 4.57 Å². The molecule has 0 aromatic carbocycles. The number of rotatable bonds is 12. The lowest BCUT2D eigenvalue weighted by atomic mass is 10.1. The highest BCUT2D eigenvalue weighted by Crippen LogP contribution is 2.38. The minimum atomic E-state index is -4.19. The Kier molecular flexibility index (Phi) is 10.2. The van der Waals surface area contributed by atoms with Crippen molar-refractivity contribution in [2.45, 2.75) is 45.4 Å². The van der Waals surface area contributed by atoms with E-state index in [2.05, 4.69) is 11.4 Å². The van der Waals surface area contributed by atoms with Crippen molar-refractivity contribution in [2.24, 2.45) is 0 Å². The Morgan fingerprint density at radius 2 is 1.80 bits per heavy atom. The standard InChI is InChI=1S/C14H30NO4P/c1-5-6-7-8-9-10-11-13-18-20(16,17)19-14-12-15(2,3)4/h11,13H,5-10,12,14H2,1-4H3. The average molecular weight is 307 g/mol. The van der Waals surface area contributed by atoms with Crippen molar-refractivity contribution in [3.05, 3.63) is 12.3 Å². The van der Waals surface area contributed by atoms with E-state index in [9.17, 15) is 9.46 Å². The van der Waals surface area contributed by atoms with Gasteiger partial charge in [0.15, 0.2) is 0 Å². The van der Waals surface area contributed by atoms with Crippen LogP contribution in [0.15, 0.2) is 12.3 Å². The second-order valence-electron chi connectivity index (χ2n) is 5.97. The maximum atomic E-state index is 11.4. The molecule has 0 spiro atoms. The molecule has 0 N–H and O–H groups in total. The summed E-state index contributed by atoms with van der Waals surface area (Å²) in [5.41, 5.74) is 0. The molecule has 0 aromatic heterocycles. The Balaban J connectivity index is 3.67. The van der Waals surface area contributed by atoms with Crippen molar-refractivity contribution in [3.63, 3.8) is 0 Å². The maximum Gasteiger partial charge on any atom is 0.319 e. The molecule has 0 heterocycles. The van der Waals surface area contributed by atoms with Gasteiger partial charge in [-0.25, -0.2) is 0 Å². The van der Waals surface area contributed by atoms with Crippen LogP contribution in [0.25, 0.3) is 0 Å². The van der Waals surface area contributed by atoms with Crippen LogP contribution in [0.5, 0.6) is 0 Å². The van der Waals surface area contributed by atoms with Gasteiger partial charge in [0.25, 0.3) is 0 Å². The molecule has 5 nitrogen and oxygen atoms in total. The summed E-state index contributed by atoms with van der Waals surface area (Å²) in [5.74, 6) is 0. The van der Waals surface area contributed by atoms with Gasteiger partial charge >= 0.3 is 7.82 Å². The smallest absolute Gasteiger partial charge is 0.319 e. The number of hydrogen-bond acceptors (Lipinski definition) is 4. The van der Waals surface area contributed by atoms with Gasteiger partial charge in [-0.15, -0.1) is 0 Å². The van der Waals surface area contributed by atoms with Gasteiger partial charge < -0.3 is 18.4 Å². The number of hydrogen-bond donors (Lipinski definition) is 0. The number of unbranched alkanes of at least 4 members (excludes halogenated alkanes) is 5.